The van der Waals surface area contributed by atoms with E-state index in [0.717, 1.165) is 6.42 Å². The first-order chi connectivity index (χ1) is 16.6. The average molecular weight is 496 g/mol. The molecule has 4 atom stereocenters. The molecule has 7 heteroatoms. The van der Waals surface area contributed by atoms with Gasteiger partial charge in [0.15, 0.2) is 12.3 Å². The van der Waals surface area contributed by atoms with E-state index in [1.807, 2.05) is 59.8 Å². The zero-order valence-corrected chi connectivity index (χ0v) is 22.5. The quantitative estimate of drug-likeness (QED) is 0.234. The van der Waals surface area contributed by atoms with Gasteiger partial charge in [-0.2, -0.15) is 0 Å². The first-order valence-electron chi connectivity index (χ1n) is 12.5. The van der Waals surface area contributed by atoms with Gasteiger partial charge in [0.05, 0.1) is 5.41 Å². The van der Waals surface area contributed by atoms with E-state index in [-0.39, 0.29) is 30.8 Å². The summed E-state index contributed by atoms with van der Waals surface area (Å²) >= 11 is 0. The molecular weight excluding hydrogens is 454 g/mol. The number of hydrogen-bond donors (Lipinski definition) is 3. The van der Waals surface area contributed by atoms with Gasteiger partial charge in [-0.25, -0.2) is 4.79 Å². The maximum atomic E-state index is 14.9. The maximum Gasteiger partial charge on any atom is 0.326 e. The fraction of sp³-hybridized carbons (Fsp3) is 0.483. The second-order valence-electron chi connectivity index (χ2n) is 11.6. The Hall–Kier alpha value is -3.03. The van der Waals surface area contributed by atoms with E-state index in [1.54, 1.807) is 35.3 Å². The predicted octanol–water partition coefficient (Wildman–Crippen LogP) is 6.14. The van der Waals surface area contributed by atoms with Crippen LogP contribution in [0.1, 0.15) is 48.0 Å². The summed E-state index contributed by atoms with van der Waals surface area (Å²) in [7, 11) is 0. The molecule has 2 aliphatic carbocycles. The van der Waals surface area contributed by atoms with Crippen LogP contribution in [0, 0.1) is 21.5 Å². The van der Waals surface area contributed by atoms with Crippen molar-refractivity contribution >= 4 is 6.03 Å². The van der Waals surface area contributed by atoms with E-state index in [9.17, 15) is 20.2 Å². The van der Waals surface area contributed by atoms with Crippen molar-refractivity contribution in [1.29, 1.82) is 0 Å². The molecule has 3 unspecified atom stereocenters. The monoisotopic (exact) mass is 495 g/mol. The van der Waals surface area contributed by atoms with Crippen LogP contribution in [0.15, 0.2) is 84.4 Å². The summed E-state index contributed by atoms with van der Waals surface area (Å²) < 4.78 is -0.787. The van der Waals surface area contributed by atoms with E-state index in [1.165, 1.54) is 0 Å². The Labute approximate surface area is 215 Å². The van der Waals surface area contributed by atoms with Gasteiger partial charge < -0.3 is 20.1 Å². The van der Waals surface area contributed by atoms with Crippen LogP contribution >= 0.6 is 0 Å². The van der Waals surface area contributed by atoms with Gasteiger partial charge >= 0.3 is 6.03 Å². The summed E-state index contributed by atoms with van der Waals surface area (Å²) in [5.41, 5.74) is -3.06. The highest BCUT2D eigenvalue weighted by molar-refractivity contribution is 5.76. The van der Waals surface area contributed by atoms with Gasteiger partial charge in [-0.15, -0.1) is 6.58 Å². The third-order valence-corrected chi connectivity index (χ3v) is 7.74. The lowest BCUT2D eigenvalue weighted by Crippen LogP contribution is -2.85. The lowest BCUT2D eigenvalue weighted by molar-refractivity contribution is -0.957. The molecule has 0 bridgehead atoms. The Kier molecular flexibility index (Phi) is 6.98. The Morgan fingerprint density at radius 1 is 1.19 bits per heavy atom. The number of nitrogens with one attached hydrogen (secondary N) is 1. The lowest BCUT2D eigenvalue weighted by atomic mass is 9.61. The Morgan fingerprint density at radius 2 is 1.86 bits per heavy atom. The van der Waals surface area contributed by atoms with Crippen molar-refractivity contribution in [2.24, 2.45) is 16.2 Å². The minimum atomic E-state index is -1.42. The van der Waals surface area contributed by atoms with Crippen LogP contribution in [-0.2, 0) is 0 Å². The Morgan fingerprint density at radius 3 is 2.42 bits per heavy atom. The summed E-state index contributed by atoms with van der Waals surface area (Å²) in [4.78, 5) is 15.0. The molecule has 1 fully saturated rings. The maximum absolute atomic E-state index is 14.9. The van der Waals surface area contributed by atoms with Crippen LogP contribution in [0.3, 0.4) is 0 Å². The van der Waals surface area contributed by atoms with Gasteiger partial charge in [0.1, 0.15) is 18.1 Å². The Balaban J connectivity index is 2.35. The SMILES string of the molecule is C=CC[N+]1([O-])CN(CCC)C(=O)NC1(C(C)(C)C)C1(C)C=CC2=C(O)C=C[C@](C)(C=C)C=C2C(O)=C1. The zero-order chi connectivity index (χ0) is 27.2. The number of quaternary nitrogens is 1. The van der Waals surface area contributed by atoms with Gasteiger partial charge in [0.2, 0.25) is 0 Å². The molecule has 3 aliphatic rings. The molecule has 3 N–H and O–H groups in total. The molecule has 36 heavy (non-hydrogen) atoms. The number of carbonyl (C=O) groups excluding carboxylic acids is 1. The summed E-state index contributed by atoms with van der Waals surface area (Å²) in [5, 5.41) is 40.4. The number of hydrogen-bond acceptors (Lipinski definition) is 4. The molecule has 3 rings (SSSR count). The minimum Gasteiger partial charge on any atom is -0.629 e. The highest BCUT2D eigenvalue weighted by Gasteiger charge is 2.67. The molecule has 0 aromatic heterocycles. The van der Waals surface area contributed by atoms with Crippen molar-refractivity contribution in [3.8, 4) is 0 Å². The summed E-state index contributed by atoms with van der Waals surface area (Å²) in [6.45, 7) is 19.7. The number of aliphatic hydroxyl groups excluding tert-OH is 2. The number of allylic oxidation sites excluding steroid dienone is 6. The highest BCUT2D eigenvalue weighted by atomic mass is 16.6. The van der Waals surface area contributed by atoms with Crippen LogP contribution in [0.25, 0.3) is 0 Å². The highest BCUT2D eigenvalue weighted by Crippen LogP contribution is 2.55. The molecule has 0 saturated carbocycles. The molecule has 2 amide bonds. The topological polar surface area (TPSA) is 95.9 Å². The van der Waals surface area contributed by atoms with Crippen LogP contribution in [0.4, 0.5) is 4.79 Å². The van der Waals surface area contributed by atoms with E-state index >= 15 is 0 Å². The van der Waals surface area contributed by atoms with Crippen LogP contribution in [-0.4, -0.2) is 51.2 Å². The number of rotatable bonds is 6. The van der Waals surface area contributed by atoms with Crippen molar-refractivity contribution in [3.05, 3.63) is 89.6 Å². The normalized spacial score (nSPS) is 34.8. The standard InChI is InChI=1S/C29H41N3O4/c1-9-16-31-20-32(36,17-10-2)29(26(4,5)6,30-25(31)35)28(8)15-12-21-22(24(34)19-28)18-27(7,11-3)14-13-23(21)33/h10-15,18-19,33-34H,2-3,9,16-17,20H2,1,4-8H3,(H,30,35)/t27-,28?,29?,32?/m0/s1. The number of urea groups is 1. The van der Waals surface area contributed by atoms with E-state index in [0.29, 0.717) is 17.7 Å². The van der Waals surface area contributed by atoms with Crippen LogP contribution in [0.5, 0.6) is 0 Å². The van der Waals surface area contributed by atoms with Crippen molar-refractivity contribution < 1.29 is 19.7 Å². The van der Waals surface area contributed by atoms with Gasteiger partial charge in [-0.3, -0.25) is 10.2 Å². The van der Waals surface area contributed by atoms with E-state index < -0.39 is 26.6 Å². The van der Waals surface area contributed by atoms with Gasteiger partial charge in [-0.1, -0.05) is 64.7 Å². The third-order valence-electron chi connectivity index (χ3n) is 7.74. The molecule has 0 aromatic carbocycles. The first-order valence-corrected chi connectivity index (χ1v) is 12.5. The van der Waals surface area contributed by atoms with Crippen molar-refractivity contribution in [2.75, 3.05) is 19.8 Å². The third kappa shape index (κ3) is 4.14. The number of nitrogens with zero attached hydrogens (tertiary/aromatic N) is 2. The largest absolute Gasteiger partial charge is 0.629 e. The Bertz CT molecular complexity index is 1110. The lowest BCUT2D eigenvalue weighted by Gasteiger charge is -2.68. The molecular formula is C29H41N3O4. The summed E-state index contributed by atoms with van der Waals surface area (Å²) in [6.07, 6.45) is 14.5. The molecule has 1 aliphatic heterocycles. The van der Waals surface area contributed by atoms with Crippen molar-refractivity contribution in [2.45, 2.75) is 53.6 Å². The zero-order valence-electron chi connectivity index (χ0n) is 22.5. The molecule has 7 nitrogen and oxygen atoms in total. The van der Waals surface area contributed by atoms with Gasteiger partial charge in [0.25, 0.3) is 0 Å². The summed E-state index contributed by atoms with van der Waals surface area (Å²) in [6, 6.07) is -0.315. The number of carbonyl (C=O) groups is 1. The fourth-order valence-corrected chi connectivity index (χ4v) is 6.14. The molecule has 0 spiro atoms. The van der Waals surface area contributed by atoms with Crippen molar-refractivity contribution in [1.82, 2.24) is 10.2 Å². The van der Waals surface area contributed by atoms with E-state index in [4.69, 9.17) is 0 Å². The average Bonchev–Trinajstić information content (AvgIpc) is 2.99. The van der Waals surface area contributed by atoms with E-state index in [2.05, 4.69) is 18.5 Å². The second-order valence-corrected chi connectivity index (χ2v) is 11.6. The van der Waals surface area contributed by atoms with Crippen LogP contribution < -0.4 is 5.32 Å². The first kappa shape index (κ1) is 27.6. The molecule has 0 radical (unpaired) electrons. The fourth-order valence-electron chi connectivity index (χ4n) is 6.14. The van der Waals surface area contributed by atoms with Crippen LogP contribution in [0.2, 0.25) is 0 Å². The number of amides is 2. The number of fused-ring (bicyclic) bond motifs is 1. The predicted molar refractivity (Wildman–Crippen MR) is 144 cm³/mol. The molecule has 196 valence electrons. The minimum absolute atomic E-state index is 0.00662. The smallest absolute Gasteiger partial charge is 0.326 e. The molecule has 1 heterocycles. The van der Waals surface area contributed by atoms with Gasteiger partial charge in [0, 0.05) is 28.5 Å². The molecule has 1 saturated heterocycles. The summed E-state index contributed by atoms with van der Waals surface area (Å²) in [5.74, 6) is -0.0901. The van der Waals surface area contributed by atoms with Gasteiger partial charge in [-0.05, 0) is 38.5 Å². The second kappa shape index (κ2) is 9.12. The molecule has 0 aromatic rings. The number of hydroxylamine groups is 3. The van der Waals surface area contributed by atoms with Crippen molar-refractivity contribution in [3.63, 3.8) is 0 Å². The number of aliphatic hydroxyl groups is 2.